The maximum atomic E-state index is 12.2. The Labute approximate surface area is 108 Å². The van der Waals surface area contributed by atoms with Gasteiger partial charge in [0.05, 0.1) is 0 Å². The summed E-state index contributed by atoms with van der Waals surface area (Å²) in [7, 11) is 0. The van der Waals surface area contributed by atoms with Crippen molar-refractivity contribution in [1.82, 2.24) is 10.2 Å². The van der Waals surface area contributed by atoms with Gasteiger partial charge in [-0.3, -0.25) is 0 Å². The molecule has 0 aromatic rings. The first-order chi connectivity index (χ1) is 8.27. The summed E-state index contributed by atoms with van der Waals surface area (Å²) >= 11 is 0. The number of hydrogen-bond donors (Lipinski definition) is 2. The minimum absolute atomic E-state index is 0.158. The number of nitrogens with zero attached hydrogens (tertiary/aromatic N) is 1. The molecule has 102 valence electrons. The lowest BCUT2D eigenvalue weighted by Gasteiger charge is -2.41. The second-order valence-electron chi connectivity index (χ2n) is 6.38. The zero-order chi connectivity index (χ0) is 13.6. The van der Waals surface area contributed by atoms with E-state index in [4.69, 9.17) is 0 Å². The molecule has 0 radical (unpaired) electrons. The summed E-state index contributed by atoms with van der Waals surface area (Å²) in [5.74, 6) is -0.910. The molecule has 2 amide bonds. The molecule has 2 unspecified atom stereocenters. The van der Waals surface area contributed by atoms with Crippen molar-refractivity contribution in [3.8, 4) is 0 Å². The minimum atomic E-state index is -1.05. The molecule has 2 aliphatic rings. The average molecular weight is 254 g/mol. The van der Waals surface area contributed by atoms with Crippen LogP contribution in [0.3, 0.4) is 0 Å². The summed E-state index contributed by atoms with van der Waals surface area (Å²) < 4.78 is 0. The van der Waals surface area contributed by atoms with E-state index >= 15 is 0 Å². The highest BCUT2D eigenvalue weighted by Crippen LogP contribution is 2.44. The van der Waals surface area contributed by atoms with Crippen LogP contribution in [0, 0.1) is 5.41 Å². The predicted molar refractivity (Wildman–Crippen MR) is 67.3 cm³/mol. The first kappa shape index (κ1) is 13.2. The van der Waals surface area contributed by atoms with Crippen LogP contribution in [-0.2, 0) is 4.79 Å². The number of carboxylic acids is 1. The van der Waals surface area contributed by atoms with Crippen LogP contribution >= 0.6 is 0 Å². The van der Waals surface area contributed by atoms with Crippen molar-refractivity contribution in [1.29, 1.82) is 0 Å². The zero-order valence-corrected chi connectivity index (χ0v) is 11.3. The van der Waals surface area contributed by atoms with Crippen molar-refractivity contribution < 1.29 is 14.7 Å². The number of amides is 2. The van der Waals surface area contributed by atoms with Crippen molar-refractivity contribution in [3.05, 3.63) is 0 Å². The van der Waals surface area contributed by atoms with E-state index in [0.717, 1.165) is 19.3 Å². The summed E-state index contributed by atoms with van der Waals surface area (Å²) in [5, 5.41) is 12.3. The van der Waals surface area contributed by atoms with Gasteiger partial charge in [-0.25, -0.2) is 9.59 Å². The molecule has 1 saturated heterocycles. The summed E-state index contributed by atoms with van der Waals surface area (Å²) in [6.45, 7) is 6.38. The molecule has 5 nitrogen and oxygen atoms in total. The first-order valence-corrected chi connectivity index (χ1v) is 6.59. The number of carbonyl (C=O) groups excluding carboxylic acids is 1. The molecular formula is C13H22N2O3. The Kier molecular flexibility index (Phi) is 3.03. The largest absolute Gasteiger partial charge is 0.480 e. The molecule has 1 aliphatic heterocycles. The van der Waals surface area contributed by atoms with Gasteiger partial charge >= 0.3 is 12.0 Å². The van der Waals surface area contributed by atoms with E-state index in [9.17, 15) is 14.7 Å². The van der Waals surface area contributed by atoms with Gasteiger partial charge in [-0.1, -0.05) is 13.8 Å². The number of rotatable bonds is 2. The minimum Gasteiger partial charge on any atom is -0.480 e. The summed E-state index contributed by atoms with van der Waals surface area (Å²) in [6.07, 6.45) is 3.24. The van der Waals surface area contributed by atoms with Gasteiger partial charge in [-0.2, -0.15) is 0 Å². The molecule has 2 N–H and O–H groups in total. The van der Waals surface area contributed by atoms with Crippen LogP contribution in [0.1, 0.15) is 46.5 Å². The van der Waals surface area contributed by atoms with Gasteiger partial charge in [0.2, 0.25) is 0 Å². The van der Waals surface area contributed by atoms with Crippen LogP contribution in [0.2, 0.25) is 0 Å². The lowest BCUT2D eigenvalue weighted by atomic mass is 9.89. The highest BCUT2D eigenvalue weighted by molar-refractivity contribution is 5.86. The number of piperidine rings is 1. The third-order valence-electron chi connectivity index (χ3n) is 4.41. The third-order valence-corrected chi connectivity index (χ3v) is 4.41. The van der Waals surface area contributed by atoms with Crippen molar-refractivity contribution in [2.24, 2.45) is 5.41 Å². The second kappa shape index (κ2) is 4.14. The second-order valence-corrected chi connectivity index (χ2v) is 6.38. The number of carbonyl (C=O) groups is 2. The van der Waals surface area contributed by atoms with Crippen molar-refractivity contribution in [2.75, 3.05) is 6.54 Å². The Morgan fingerprint density at radius 1 is 1.28 bits per heavy atom. The van der Waals surface area contributed by atoms with Gasteiger partial charge in [0.15, 0.2) is 0 Å². The summed E-state index contributed by atoms with van der Waals surface area (Å²) in [6, 6.07) is -0.0415. The Morgan fingerprint density at radius 2 is 1.89 bits per heavy atom. The quantitative estimate of drug-likeness (QED) is 0.789. The molecule has 18 heavy (non-hydrogen) atoms. The molecule has 2 fully saturated rings. The van der Waals surface area contributed by atoms with E-state index < -0.39 is 11.5 Å². The number of likely N-dealkylation sites (tertiary alicyclic amines) is 1. The van der Waals surface area contributed by atoms with E-state index in [-0.39, 0.29) is 17.5 Å². The van der Waals surface area contributed by atoms with Crippen molar-refractivity contribution in [2.45, 2.75) is 58.0 Å². The zero-order valence-electron chi connectivity index (χ0n) is 11.3. The van der Waals surface area contributed by atoms with Crippen LogP contribution in [0.4, 0.5) is 4.79 Å². The molecule has 5 heteroatoms. The molecule has 1 aliphatic carbocycles. The number of hydrogen-bond acceptors (Lipinski definition) is 2. The number of urea groups is 1. The van der Waals surface area contributed by atoms with Gasteiger partial charge in [0.1, 0.15) is 5.54 Å². The van der Waals surface area contributed by atoms with E-state index in [2.05, 4.69) is 19.2 Å². The Bertz CT molecular complexity index is 380. The topological polar surface area (TPSA) is 69.6 Å². The van der Waals surface area contributed by atoms with Gasteiger partial charge in [-0.05, 0) is 38.0 Å². The fourth-order valence-corrected chi connectivity index (χ4v) is 2.61. The van der Waals surface area contributed by atoms with Gasteiger partial charge < -0.3 is 15.3 Å². The van der Waals surface area contributed by atoms with Crippen LogP contribution in [-0.4, -0.2) is 40.1 Å². The molecule has 0 aromatic carbocycles. The van der Waals surface area contributed by atoms with E-state index in [1.54, 1.807) is 6.92 Å². The average Bonchev–Trinajstić information content (AvgIpc) is 2.86. The van der Waals surface area contributed by atoms with Crippen molar-refractivity contribution in [3.63, 3.8) is 0 Å². The number of carboxylic acid groups (broad SMARTS) is 1. The molecule has 1 saturated carbocycles. The highest BCUT2D eigenvalue weighted by atomic mass is 16.4. The lowest BCUT2D eigenvalue weighted by Crippen LogP contribution is -2.60. The Hall–Kier alpha value is -1.26. The lowest BCUT2D eigenvalue weighted by molar-refractivity contribution is -0.150. The third kappa shape index (κ3) is 2.18. The van der Waals surface area contributed by atoms with Crippen LogP contribution in [0.15, 0.2) is 0 Å². The molecule has 0 aromatic heterocycles. The normalized spacial score (nSPS) is 33.9. The fourth-order valence-electron chi connectivity index (χ4n) is 2.61. The fraction of sp³-hybridized carbons (Fsp3) is 0.846. The molecule has 2 atom stereocenters. The van der Waals surface area contributed by atoms with Gasteiger partial charge in [-0.15, -0.1) is 0 Å². The van der Waals surface area contributed by atoms with Crippen LogP contribution in [0.5, 0.6) is 0 Å². The van der Waals surface area contributed by atoms with Crippen molar-refractivity contribution >= 4 is 12.0 Å². The first-order valence-electron chi connectivity index (χ1n) is 6.59. The summed E-state index contributed by atoms with van der Waals surface area (Å²) in [4.78, 5) is 25.1. The maximum absolute atomic E-state index is 12.2. The summed E-state index contributed by atoms with van der Waals surface area (Å²) in [5.41, 5.74) is -0.896. The van der Waals surface area contributed by atoms with E-state index in [0.29, 0.717) is 13.0 Å². The molecule has 1 heterocycles. The SMILES string of the molecule is CC1(C)CC1NC(=O)N1CCCCC1(C)C(=O)O. The monoisotopic (exact) mass is 254 g/mol. The molecular weight excluding hydrogens is 232 g/mol. The molecule has 2 rings (SSSR count). The van der Waals surface area contributed by atoms with E-state index in [1.165, 1.54) is 4.90 Å². The highest BCUT2D eigenvalue weighted by Gasteiger charge is 2.49. The van der Waals surface area contributed by atoms with Gasteiger partial charge in [0.25, 0.3) is 0 Å². The Balaban J connectivity index is 2.05. The van der Waals surface area contributed by atoms with Crippen LogP contribution < -0.4 is 5.32 Å². The van der Waals surface area contributed by atoms with Gasteiger partial charge in [0, 0.05) is 12.6 Å². The van der Waals surface area contributed by atoms with Crippen LogP contribution in [0.25, 0.3) is 0 Å². The molecule has 0 spiro atoms. The predicted octanol–water partition coefficient (Wildman–Crippen LogP) is 1.82. The Morgan fingerprint density at radius 3 is 2.39 bits per heavy atom. The maximum Gasteiger partial charge on any atom is 0.329 e. The molecule has 0 bridgehead atoms. The number of nitrogens with one attached hydrogen (secondary N) is 1. The van der Waals surface area contributed by atoms with E-state index in [1.807, 2.05) is 0 Å². The number of aliphatic carboxylic acids is 1. The smallest absolute Gasteiger partial charge is 0.329 e. The standard InChI is InChI=1S/C13H22N2O3/c1-12(2)8-9(12)14-11(18)15-7-5-4-6-13(15,3)10(16)17/h9H,4-8H2,1-3H3,(H,14,18)(H,16,17).